The van der Waals surface area contributed by atoms with Crippen LogP contribution in [0.25, 0.3) is 10.7 Å². The third-order valence-electron chi connectivity index (χ3n) is 2.71. The van der Waals surface area contributed by atoms with Crippen LogP contribution in [0.5, 0.6) is 0 Å². The van der Waals surface area contributed by atoms with Crippen LogP contribution >= 0.6 is 11.3 Å². The number of hydrogen-bond acceptors (Lipinski definition) is 3. The summed E-state index contributed by atoms with van der Waals surface area (Å²) in [6.45, 7) is 7.82. The summed E-state index contributed by atoms with van der Waals surface area (Å²) in [6, 6.07) is 3.72. The van der Waals surface area contributed by atoms with Gasteiger partial charge in [0.1, 0.15) is 6.04 Å². The number of carbonyl (C=O) groups is 1. The highest BCUT2D eigenvalue weighted by atomic mass is 32.1. The van der Waals surface area contributed by atoms with Crippen LogP contribution in [0, 0.1) is 0 Å². The van der Waals surface area contributed by atoms with Crippen LogP contribution in [-0.4, -0.2) is 21.0 Å². The van der Waals surface area contributed by atoms with Crippen LogP contribution in [0.1, 0.15) is 33.7 Å². The maximum Gasteiger partial charge on any atom is 0.243 e. The van der Waals surface area contributed by atoms with Crippen molar-refractivity contribution in [1.82, 2.24) is 14.9 Å². The zero-order valence-electron chi connectivity index (χ0n) is 11.7. The topological polar surface area (TPSA) is 46.9 Å². The van der Waals surface area contributed by atoms with Crippen molar-refractivity contribution < 1.29 is 4.79 Å². The molecule has 1 amide bonds. The molecule has 1 unspecified atom stereocenters. The monoisotopic (exact) mass is 277 g/mol. The van der Waals surface area contributed by atoms with E-state index in [1.165, 1.54) is 0 Å². The quantitative estimate of drug-likeness (QED) is 0.937. The lowest BCUT2D eigenvalue weighted by Gasteiger charge is -2.24. The van der Waals surface area contributed by atoms with E-state index in [0.717, 1.165) is 10.7 Å². The van der Waals surface area contributed by atoms with Crippen LogP contribution in [0.4, 0.5) is 0 Å². The SMILES string of the molecule is CC(C(=O)NC(C)(C)C)n1ccnc1-c1cccs1. The molecule has 0 saturated heterocycles. The minimum Gasteiger partial charge on any atom is -0.350 e. The largest absolute Gasteiger partial charge is 0.350 e. The molecule has 19 heavy (non-hydrogen) atoms. The minimum absolute atomic E-state index is 0.00306. The van der Waals surface area contributed by atoms with Crippen LogP contribution in [0.3, 0.4) is 0 Å². The van der Waals surface area contributed by atoms with E-state index in [9.17, 15) is 4.79 Å². The molecule has 0 aliphatic heterocycles. The average molecular weight is 277 g/mol. The molecule has 5 heteroatoms. The van der Waals surface area contributed by atoms with Crippen LogP contribution in [0.2, 0.25) is 0 Å². The molecule has 2 rings (SSSR count). The van der Waals surface area contributed by atoms with E-state index in [-0.39, 0.29) is 17.5 Å². The van der Waals surface area contributed by atoms with Crippen molar-refractivity contribution in [3.8, 4) is 10.7 Å². The predicted octanol–water partition coefficient (Wildman–Crippen LogP) is 3.09. The Balaban J connectivity index is 2.23. The fourth-order valence-corrected chi connectivity index (χ4v) is 2.55. The van der Waals surface area contributed by atoms with Crippen molar-refractivity contribution in [2.45, 2.75) is 39.3 Å². The first-order valence-electron chi connectivity index (χ1n) is 6.27. The summed E-state index contributed by atoms with van der Waals surface area (Å²) in [4.78, 5) is 17.6. The lowest BCUT2D eigenvalue weighted by Crippen LogP contribution is -2.43. The lowest BCUT2D eigenvalue weighted by molar-refractivity contribution is -0.125. The van der Waals surface area contributed by atoms with E-state index in [1.807, 2.05) is 56.0 Å². The second-order valence-electron chi connectivity index (χ2n) is 5.55. The highest BCUT2D eigenvalue weighted by Crippen LogP contribution is 2.25. The molecule has 1 N–H and O–H groups in total. The van der Waals surface area contributed by atoms with Gasteiger partial charge in [-0.2, -0.15) is 0 Å². The van der Waals surface area contributed by atoms with Gasteiger partial charge in [0.05, 0.1) is 4.88 Å². The van der Waals surface area contributed by atoms with Gasteiger partial charge in [0.15, 0.2) is 5.82 Å². The Morgan fingerprint density at radius 1 is 1.47 bits per heavy atom. The Kier molecular flexibility index (Phi) is 3.75. The molecule has 0 radical (unpaired) electrons. The molecule has 102 valence electrons. The highest BCUT2D eigenvalue weighted by molar-refractivity contribution is 7.13. The molecule has 2 aromatic rings. The summed E-state index contributed by atoms with van der Waals surface area (Å²) in [5.41, 5.74) is -0.227. The molecule has 1 atom stereocenters. The fourth-order valence-electron chi connectivity index (χ4n) is 1.82. The van der Waals surface area contributed by atoms with Gasteiger partial charge in [0.25, 0.3) is 0 Å². The summed E-state index contributed by atoms with van der Waals surface area (Å²) >= 11 is 1.62. The smallest absolute Gasteiger partial charge is 0.243 e. The van der Waals surface area contributed by atoms with E-state index in [4.69, 9.17) is 0 Å². The molecular weight excluding hydrogens is 258 g/mol. The van der Waals surface area contributed by atoms with Gasteiger partial charge < -0.3 is 9.88 Å². The van der Waals surface area contributed by atoms with Gasteiger partial charge in [-0.05, 0) is 39.1 Å². The van der Waals surface area contributed by atoms with Gasteiger partial charge in [0.2, 0.25) is 5.91 Å². The molecule has 0 aromatic carbocycles. The molecule has 2 aromatic heterocycles. The Hall–Kier alpha value is -1.62. The fraction of sp³-hybridized carbons (Fsp3) is 0.429. The summed E-state index contributed by atoms with van der Waals surface area (Å²) in [6.07, 6.45) is 3.58. The number of imidazole rings is 1. The van der Waals surface area contributed by atoms with Gasteiger partial charge in [-0.3, -0.25) is 4.79 Å². The van der Waals surface area contributed by atoms with Crippen LogP contribution in [-0.2, 0) is 4.79 Å². The maximum absolute atomic E-state index is 12.2. The Bertz CT molecular complexity index is 552. The first-order valence-corrected chi connectivity index (χ1v) is 7.15. The number of thiophene rings is 1. The van der Waals surface area contributed by atoms with Crippen molar-refractivity contribution in [1.29, 1.82) is 0 Å². The highest BCUT2D eigenvalue weighted by Gasteiger charge is 2.22. The zero-order valence-corrected chi connectivity index (χ0v) is 12.5. The molecule has 0 aliphatic carbocycles. The number of rotatable bonds is 3. The third-order valence-corrected chi connectivity index (χ3v) is 3.57. The van der Waals surface area contributed by atoms with Crippen LogP contribution < -0.4 is 5.32 Å². The Labute approximate surface area is 117 Å². The normalized spacial score (nSPS) is 13.3. The van der Waals surface area contributed by atoms with Gasteiger partial charge in [-0.25, -0.2) is 4.98 Å². The molecule has 0 aliphatic rings. The van der Waals surface area contributed by atoms with E-state index in [2.05, 4.69) is 10.3 Å². The molecular formula is C14H19N3OS. The van der Waals surface area contributed by atoms with Gasteiger partial charge in [-0.1, -0.05) is 6.07 Å². The second kappa shape index (κ2) is 5.17. The molecule has 0 fully saturated rings. The number of carbonyl (C=O) groups excluding carboxylic acids is 1. The van der Waals surface area contributed by atoms with E-state index in [0.29, 0.717) is 0 Å². The van der Waals surface area contributed by atoms with Gasteiger partial charge in [0, 0.05) is 17.9 Å². The van der Waals surface area contributed by atoms with E-state index >= 15 is 0 Å². The van der Waals surface area contributed by atoms with Gasteiger partial charge in [-0.15, -0.1) is 11.3 Å². The zero-order chi connectivity index (χ0) is 14.0. The average Bonchev–Trinajstić information content (AvgIpc) is 2.96. The van der Waals surface area contributed by atoms with E-state index in [1.54, 1.807) is 17.5 Å². The Morgan fingerprint density at radius 3 is 2.79 bits per heavy atom. The van der Waals surface area contributed by atoms with E-state index < -0.39 is 0 Å². The number of nitrogens with zero attached hydrogens (tertiary/aromatic N) is 2. The number of nitrogens with one attached hydrogen (secondary N) is 1. The molecule has 0 bridgehead atoms. The predicted molar refractivity (Wildman–Crippen MR) is 78.1 cm³/mol. The van der Waals surface area contributed by atoms with Crippen molar-refractivity contribution in [2.75, 3.05) is 0 Å². The summed E-state index contributed by atoms with van der Waals surface area (Å²) < 4.78 is 1.91. The molecule has 0 spiro atoms. The standard InChI is InChI=1S/C14H19N3OS/c1-10(13(18)16-14(2,3)4)17-8-7-15-12(17)11-6-5-9-19-11/h5-10H,1-4H3,(H,16,18). The van der Waals surface area contributed by atoms with Gasteiger partial charge >= 0.3 is 0 Å². The summed E-state index contributed by atoms with van der Waals surface area (Å²) in [5.74, 6) is 0.842. The maximum atomic E-state index is 12.2. The number of aromatic nitrogens is 2. The summed E-state index contributed by atoms with van der Waals surface area (Å²) in [5, 5.41) is 5.00. The third kappa shape index (κ3) is 3.23. The summed E-state index contributed by atoms with van der Waals surface area (Å²) in [7, 11) is 0. The first-order chi connectivity index (χ1) is 8.88. The van der Waals surface area contributed by atoms with Crippen LogP contribution in [0.15, 0.2) is 29.9 Å². The van der Waals surface area contributed by atoms with Crippen molar-refractivity contribution >= 4 is 17.2 Å². The van der Waals surface area contributed by atoms with Crippen molar-refractivity contribution in [2.24, 2.45) is 0 Å². The number of hydrogen-bond donors (Lipinski definition) is 1. The molecule has 0 saturated carbocycles. The second-order valence-corrected chi connectivity index (χ2v) is 6.50. The van der Waals surface area contributed by atoms with Crippen molar-refractivity contribution in [3.63, 3.8) is 0 Å². The lowest BCUT2D eigenvalue weighted by atomic mass is 10.1. The Morgan fingerprint density at radius 2 is 2.21 bits per heavy atom. The molecule has 2 heterocycles. The number of amides is 1. The minimum atomic E-state index is -0.279. The molecule has 4 nitrogen and oxygen atoms in total. The first kappa shape index (κ1) is 13.8. The van der Waals surface area contributed by atoms with Crippen molar-refractivity contribution in [3.05, 3.63) is 29.9 Å².